The fourth-order valence-corrected chi connectivity index (χ4v) is 5.87. The molecular formula is C19H27Br3N4O10. The highest BCUT2D eigenvalue weighted by atomic mass is 79.9. The van der Waals surface area contributed by atoms with Crippen LogP contribution in [0.1, 0.15) is 27.1 Å². The summed E-state index contributed by atoms with van der Waals surface area (Å²) in [4.78, 5) is 36.7. The SMILES string of the molecule is NCC(=O)Nc1c(Br)c(C(N)=O)c(Br)c(C(=O)NCC(O)C(O)C(O)C(O)C(O)CC(O)CO)c1Br. The van der Waals surface area contributed by atoms with Gasteiger partial charge in [0.2, 0.25) is 5.91 Å². The summed E-state index contributed by atoms with van der Waals surface area (Å²) >= 11 is 9.42. The van der Waals surface area contributed by atoms with Gasteiger partial charge in [0.15, 0.2) is 0 Å². The van der Waals surface area contributed by atoms with Crippen molar-refractivity contribution in [1.82, 2.24) is 5.32 Å². The number of primary amides is 1. The maximum absolute atomic E-state index is 12.9. The molecule has 0 radical (unpaired) electrons. The first-order chi connectivity index (χ1) is 16.7. The molecule has 204 valence electrons. The fraction of sp³-hybridized carbons (Fsp3) is 0.526. The summed E-state index contributed by atoms with van der Waals surface area (Å²) in [6, 6.07) is 0. The van der Waals surface area contributed by atoms with Gasteiger partial charge in [-0.3, -0.25) is 14.4 Å². The lowest BCUT2D eigenvalue weighted by Crippen LogP contribution is -2.52. The monoisotopic (exact) mass is 708 g/mol. The lowest BCUT2D eigenvalue weighted by molar-refractivity contribution is -0.138. The number of benzene rings is 1. The van der Waals surface area contributed by atoms with E-state index in [0.29, 0.717) is 0 Å². The molecule has 0 aromatic heterocycles. The van der Waals surface area contributed by atoms with Crippen molar-refractivity contribution in [3.05, 3.63) is 24.5 Å². The molecule has 36 heavy (non-hydrogen) atoms. The van der Waals surface area contributed by atoms with Crippen molar-refractivity contribution >= 4 is 71.2 Å². The van der Waals surface area contributed by atoms with Crippen LogP contribution in [0.3, 0.4) is 0 Å². The number of aliphatic hydroxyl groups excluding tert-OH is 7. The number of rotatable bonds is 13. The Hall–Kier alpha value is -1.25. The Balaban J connectivity index is 3.10. The molecule has 6 unspecified atom stereocenters. The lowest BCUT2D eigenvalue weighted by Gasteiger charge is -2.29. The number of anilines is 1. The van der Waals surface area contributed by atoms with Crippen LogP contribution < -0.4 is 22.1 Å². The number of nitrogens with one attached hydrogen (secondary N) is 2. The van der Waals surface area contributed by atoms with E-state index >= 15 is 0 Å². The average Bonchev–Trinajstić information content (AvgIpc) is 2.82. The van der Waals surface area contributed by atoms with E-state index in [1.54, 1.807) is 0 Å². The third-order valence-electron chi connectivity index (χ3n) is 4.92. The van der Waals surface area contributed by atoms with E-state index in [-0.39, 0.29) is 30.2 Å². The van der Waals surface area contributed by atoms with E-state index < -0.39 is 80.5 Å². The van der Waals surface area contributed by atoms with Gasteiger partial charge in [0.1, 0.15) is 18.3 Å². The van der Waals surface area contributed by atoms with Crippen molar-refractivity contribution in [3.8, 4) is 0 Å². The molecule has 3 amide bonds. The fourth-order valence-electron chi connectivity index (χ4n) is 2.94. The zero-order valence-electron chi connectivity index (χ0n) is 18.4. The predicted molar refractivity (Wildman–Crippen MR) is 136 cm³/mol. The minimum absolute atomic E-state index is 0.00149. The second-order valence-corrected chi connectivity index (χ2v) is 9.95. The Morgan fingerprint density at radius 1 is 0.833 bits per heavy atom. The first kappa shape index (κ1) is 32.8. The molecule has 13 N–H and O–H groups in total. The molecule has 0 fully saturated rings. The van der Waals surface area contributed by atoms with Gasteiger partial charge in [-0.05, 0) is 47.8 Å². The third kappa shape index (κ3) is 8.12. The molecule has 0 bridgehead atoms. The second kappa shape index (κ2) is 14.6. The molecule has 17 heteroatoms. The van der Waals surface area contributed by atoms with E-state index in [1.807, 2.05) is 0 Å². The molecule has 0 saturated carbocycles. The van der Waals surface area contributed by atoms with E-state index in [0.717, 1.165) is 0 Å². The van der Waals surface area contributed by atoms with Crippen LogP contribution in [0, 0.1) is 0 Å². The highest BCUT2D eigenvalue weighted by molar-refractivity contribution is 9.11. The number of carbonyl (C=O) groups excluding carboxylic acids is 3. The molecule has 1 aromatic carbocycles. The number of nitrogens with two attached hydrogens (primary N) is 2. The third-order valence-corrected chi connectivity index (χ3v) is 7.30. The highest BCUT2D eigenvalue weighted by Gasteiger charge is 2.35. The van der Waals surface area contributed by atoms with Crippen LogP contribution in [0.25, 0.3) is 0 Å². The van der Waals surface area contributed by atoms with Gasteiger partial charge in [-0.1, -0.05) is 0 Å². The van der Waals surface area contributed by atoms with Crippen molar-refractivity contribution in [2.75, 3.05) is 25.0 Å². The van der Waals surface area contributed by atoms with Gasteiger partial charge in [0.25, 0.3) is 11.8 Å². The van der Waals surface area contributed by atoms with Crippen molar-refractivity contribution in [3.63, 3.8) is 0 Å². The maximum Gasteiger partial charge on any atom is 0.253 e. The molecule has 0 spiro atoms. The number of halogens is 3. The molecule has 6 atom stereocenters. The van der Waals surface area contributed by atoms with Gasteiger partial charge in [0, 0.05) is 17.4 Å². The predicted octanol–water partition coefficient (Wildman–Crippen LogP) is -2.75. The minimum Gasteiger partial charge on any atom is -0.394 e. The van der Waals surface area contributed by atoms with Crippen LogP contribution in [0.15, 0.2) is 13.4 Å². The number of aliphatic hydroxyl groups is 7. The maximum atomic E-state index is 12.9. The minimum atomic E-state index is -2.09. The summed E-state index contributed by atoms with van der Waals surface area (Å²) < 4.78 is -0.0285. The zero-order chi connectivity index (χ0) is 27.9. The number of hydrogen-bond donors (Lipinski definition) is 11. The normalized spacial score (nSPS) is 16.4. The molecule has 1 aromatic rings. The summed E-state index contributed by atoms with van der Waals surface area (Å²) in [6.07, 6.45) is -11.7. The Morgan fingerprint density at radius 3 is 1.86 bits per heavy atom. The Kier molecular flexibility index (Phi) is 13.3. The van der Waals surface area contributed by atoms with Gasteiger partial charge in [-0.15, -0.1) is 0 Å². The summed E-state index contributed by atoms with van der Waals surface area (Å²) in [5.74, 6) is -2.53. The Labute approximate surface area is 230 Å². The van der Waals surface area contributed by atoms with E-state index in [1.165, 1.54) is 0 Å². The van der Waals surface area contributed by atoms with E-state index in [4.69, 9.17) is 16.6 Å². The first-order valence-electron chi connectivity index (χ1n) is 10.2. The van der Waals surface area contributed by atoms with Crippen molar-refractivity contribution < 1.29 is 50.1 Å². The van der Waals surface area contributed by atoms with Crippen LogP contribution in [-0.2, 0) is 4.79 Å². The van der Waals surface area contributed by atoms with Gasteiger partial charge < -0.3 is 57.8 Å². The summed E-state index contributed by atoms with van der Waals surface area (Å²) in [5.41, 5.74) is 10.2. The topological polar surface area (TPSA) is 269 Å². The Bertz CT molecular complexity index is 970. The highest BCUT2D eigenvalue weighted by Crippen LogP contribution is 2.42. The molecular weight excluding hydrogens is 684 g/mol. The van der Waals surface area contributed by atoms with Crippen LogP contribution in [0.2, 0.25) is 0 Å². The molecule has 0 aliphatic heterocycles. The molecule has 0 heterocycles. The number of hydrogen-bond acceptors (Lipinski definition) is 11. The molecule has 0 aliphatic rings. The molecule has 14 nitrogen and oxygen atoms in total. The summed E-state index contributed by atoms with van der Waals surface area (Å²) in [5, 5.41) is 72.9. The van der Waals surface area contributed by atoms with E-state index in [9.17, 15) is 45.0 Å². The number of carbonyl (C=O) groups is 3. The van der Waals surface area contributed by atoms with Crippen molar-refractivity contribution in [2.24, 2.45) is 11.5 Å². The molecule has 0 aliphatic carbocycles. The molecule has 1 rings (SSSR count). The van der Waals surface area contributed by atoms with Crippen molar-refractivity contribution in [1.29, 1.82) is 0 Å². The van der Waals surface area contributed by atoms with Crippen molar-refractivity contribution in [2.45, 2.75) is 43.0 Å². The average molecular weight is 711 g/mol. The lowest BCUT2D eigenvalue weighted by atomic mass is 9.96. The van der Waals surface area contributed by atoms with Crippen LogP contribution in [0.4, 0.5) is 5.69 Å². The van der Waals surface area contributed by atoms with Crippen LogP contribution in [0.5, 0.6) is 0 Å². The number of amides is 3. The van der Waals surface area contributed by atoms with E-state index in [2.05, 4.69) is 58.4 Å². The Morgan fingerprint density at radius 2 is 1.36 bits per heavy atom. The molecule has 0 saturated heterocycles. The first-order valence-corrected chi connectivity index (χ1v) is 12.5. The summed E-state index contributed by atoms with van der Waals surface area (Å²) in [6.45, 7) is -1.80. The van der Waals surface area contributed by atoms with Gasteiger partial charge in [0.05, 0.1) is 57.2 Å². The standard InChI is InChI=1S/C19H27Br3N4O10/c20-11-9(18(24)35)12(21)14(26-8(31)2-23)13(22)10(11)19(36)25-3-7(30)16(33)17(34)15(32)6(29)1-5(28)4-27/h5-7,15-17,27-30,32-34H,1-4,23H2,(H2,24,35)(H,25,36)(H,26,31). The van der Waals surface area contributed by atoms with Crippen LogP contribution in [-0.4, -0.2) is 110 Å². The van der Waals surface area contributed by atoms with Gasteiger partial charge in [-0.25, -0.2) is 0 Å². The van der Waals surface area contributed by atoms with Crippen LogP contribution >= 0.6 is 47.8 Å². The second-order valence-electron chi connectivity index (χ2n) is 7.57. The summed E-state index contributed by atoms with van der Waals surface area (Å²) in [7, 11) is 0. The van der Waals surface area contributed by atoms with Gasteiger partial charge >= 0.3 is 0 Å². The zero-order valence-corrected chi connectivity index (χ0v) is 23.2. The smallest absolute Gasteiger partial charge is 0.253 e. The largest absolute Gasteiger partial charge is 0.394 e. The van der Waals surface area contributed by atoms with Gasteiger partial charge in [-0.2, -0.15) is 0 Å². The quantitative estimate of drug-likeness (QED) is 0.0999.